The van der Waals surface area contributed by atoms with Gasteiger partial charge < -0.3 is 21.6 Å². The number of rotatable bonds is 1. The number of aromatic amines is 1. The van der Waals surface area contributed by atoms with Crippen molar-refractivity contribution in [1.29, 1.82) is 0 Å². The van der Waals surface area contributed by atoms with Gasteiger partial charge in [0.25, 0.3) is 0 Å². The maximum absolute atomic E-state index is 9.41. The highest BCUT2D eigenvalue weighted by Crippen LogP contribution is 2.26. The molecule has 0 fully saturated rings. The lowest BCUT2D eigenvalue weighted by atomic mass is 10.1. The number of nitrogen functional groups attached to an aromatic ring is 2. The van der Waals surface area contributed by atoms with E-state index in [2.05, 4.69) is 9.97 Å². The normalized spacial score (nSPS) is 10.9. The Labute approximate surface area is 103 Å². The van der Waals surface area contributed by atoms with Gasteiger partial charge in [0.05, 0.1) is 11.0 Å². The molecular formula is C13H12N4O. The molecule has 5 heteroatoms. The van der Waals surface area contributed by atoms with Crippen molar-refractivity contribution in [3.05, 3.63) is 36.4 Å². The van der Waals surface area contributed by atoms with Gasteiger partial charge in [-0.1, -0.05) is 0 Å². The first kappa shape index (κ1) is 10.5. The highest BCUT2D eigenvalue weighted by molar-refractivity contribution is 5.81. The first-order chi connectivity index (χ1) is 8.61. The molecule has 18 heavy (non-hydrogen) atoms. The molecule has 0 amide bonds. The molecule has 0 radical (unpaired) electrons. The van der Waals surface area contributed by atoms with Gasteiger partial charge in [0, 0.05) is 23.0 Å². The van der Waals surface area contributed by atoms with Crippen molar-refractivity contribution in [2.45, 2.75) is 0 Å². The fourth-order valence-electron chi connectivity index (χ4n) is 1.95. The summed E-state index contributed by atoms with van der Waals surface area (Å²) in [6, 6.07) is 10.3. The van der Waals surface area contributed by atoms with Gasteiger partial charge in [0.15, 0.2) is 0 Å². The van der Waals surface area contributed by atoms with Crippen LogP contribution in [0.3, 0.4) is 0 Å². The van der Waals surface area contributed by atoms with Crippen molar-refractivity contribution < 1.29 is 5.11 Å². The Bertz CT molecular complexity index is 713. The van der Waals surface area contributed by atoms with Crippen LogP contribution in [-0.4, -0.2) is 15.1 Å². The third kappa shape index (κ3) is 1.71. The first-order valence-corrected chi connectivity index (χ1v) is 5.47. The van der Waals surface area contributed by atoms with E-state index in [9.17, 15) is 5.11 Å². The smallest absolute Gasteiger partial charge is 0.138 e. The largest absolute Gasteiger partial charge is 0.508 e. The summed E-state index contributed by atoms with van der Waals surface area (Å²) in [5, 5.41) is 9.41. The monoisotopic (exact) mass is 240 g/mol. The van der Waals surface area contributed by atoms with Crippen molar-refractivity contribution in [2.75, 3.05) is 11.5 Å². The lowest BCUT2D eigenvalue weighted by molar-refractivity contribution is 0.476. The van der Waals surface area contributed by atoms with Crippen LogP contribution in [0.1, 0.15) is 0 Å². The number of imidazole rings is 1. The Morgan fingerprint density at radius 3 is 2.44 bits per heavy atom. The number of anilines is 2. The summed E-state index contributed by atoms with van der Waals surface area (Å²) in [7, 11) is 0. The molecule has 3 aromatic rings. The van der Waals surface area contributed by atoms with E-state index in [0.29, 0.717) is 17.2 Å². The lowest BCUT2D eigenvalue weighted by Crippen LogP contribution is -1.92. The molecule has 1 aromatic heterocycles. The maximum atomic E-state index is 9.41. The van der Waals surface area contributed by atoms with Crippen LogP contribution in [0.15, 0.2) is 36.4 Å². The predicted molar refractivity (Wildman–Crippen MR) is 72.0 cm³/mol. The van der Waals surface area contributed by atoms with Crippen molar-refractivity contribution in [1.82, 2.24) is 9.97 Å². The van der Waals surface area contributed by atoms with E-state index in [-0.39, 0.29) is 5.75 Å². The molecule has 0 unspecified atom stereocenters. The van der Waals surface area contributed by atoms with E-state index < -0.39 is 0 Å². The fourth-order valence-corrected chi connectivity index (χ4v) is 1.95. The van der Waals surface area contributed by atoms with Crippen LogP contribution in [0.5, 0.6) is 5.75 Å². The van der Waals surface area contributed by atoms with Crippen molar-refractivity contribution in [2.24, 2.45) is 0 Å². The predicted octanol–water partition coefficient (Wildman–Crippen LogP) is 2.10. The topological polar surface area (TPSA) is 101 Å². The molecule has 5 nitrogen and oxygen atoms in total. The third-order valence-corrected chi connectivity index (χ3v) is 2.72. The van der Waals surface area contributed by atoms with Gasteiger partial charge in [-0.25, -0.2) is 4.98 Å². The Balaban J connectivity index is 2.19. The number of fused-ring (bicyclic) bond motifs is 1. The molecule has 0 saturated carbocycles. The number of nitrogens with two attached hydrogens (primary N) is 2. The first-order valence-electron chi connectivity index (χ1n) is 5.47. The van der Waals surface area contributed by atoms with E-state index in [1.165, 1.54) is 0 Å². The maximum Gasteiger partial charge on any atom is 0.138 e. The molecule has 0 aliphatic carbocycles. The molecule has 2 aromatic carbocycles. The summed E-state index contributed by atoms with van der Waals surface area (Å²) in [5.41, 5.74) is 15.1. The van der Waals surface area contributed by atoms with Crippen LogP contribution in [-0.2, 0) is 0 Å². The van der Waals surface area contributed by atoms with Gasteiger partial charge in [0.1, 0.15) is 11.6 Å². The number of hydrogen-bond acceptors (Lipinski definition) is 4. The summed E-state index contributed by atoms with van der Waals surface area (Å²) in [6.45, 7) is 0. The number of nitrogens with one attached hydrogen (secondary N) is 1. The Morgan fingerprint density at radius 1 is 1.00 bits per heavy atom. The molecule has 90 valence electrons. The van der Waals surface area contributed by atoms with E-state index in [1.54, 1.807) is 36.4 Å². The summed E-state index contributed by atoms with van der Waals surface area (Å²) < 4.78 is 0. The molecule has 0 spiro atoms. The minimum absolute atomic E-state index is 0.199. The molecular weight excluding hydrogens is 228 g/mol. The van der Waals surface area contributed by atoms with E-state index in [0.717, 1.165) is 16.6 Å². The average Bonchev–Trinajstić information content (AvgIpc) is 2.70. The standard InChI is InChI=1S/C13H12N4O/c14-8-3-7(4-9(15)5-8)13-16-11-2-1-10(18)6-12(11)17-13/h1-6,18H,14-15H2,(H,16,17). The number of aromatic hydroxyl groups is 1. The average molecular weight is 240 g/mol. The molecule has 0 aliphatic rings. The zero-order valence-corrected chi connectivity index (χ0v) is 9.51. The number of nitrogens with zero attached hydrogens (tertiary/aromatic N) is 1. The van der Waals surface area contributed by atoms with E-state index >= 15 is 0 Å². The number of aromatic nitrogens is 2. The number of phenolic OH excluding ortho intramolecular Hbond substituents is 1. The summed E-state index contributed by atoms with van der Waals surface area (Å²) >= 11 is 0. The Kier molecular flexibility index (Phi) is 2.13. The fraction of sp³-hybridized carbons (Fsp3) is 0. The second-order valence-corrected chi connectivity index (χ2v) is 4.18. The van der Waals surface area contributed by atoms with Crippen LogP contribution in [0, 0.1) is 0 Å². The molecule has 3 rings (SSSR count). The van der Waals surface area contributed by atoms with E-state index in [1.807, 2.05) is 0 Å². The summed E-state index contributed by atoms with van der Waals surface area (Å²) in [5.74, 6) is 0.874. The van der Waals surface area contributed by atoms with Crippen LogP contribution < -0.4 is 11.5 Å². The molecule has 0 saturated heterocycles. The number of hydrogen-bond donors (Lipinski definition) is 4. The van der Waals surface area contributed by atoms with Gasteiger partial charge in [-0.3, -0.25) is 0 Å². The molecule has 0 aliphatic heterocycles. The van der Waals surface area contributed by atoms with Gasteiger partial charge >= 0.3 is 0 Å². The SMILES string of the molecule is Nc1cc(N)cc(-c2nc3ccc(O)cc3[nH]2)c1. The van der Waals surface area contributed by atoms with Gasteiger partial charge in [0.2, 0.25) is 0 Å². The third-order valence-electron chi connectivity index (χ3n) is 2.72. The lowest BCUT2D eigenvalue weighted by Gasteiger charge is -2.01. The van der Waals surface area contributed by atoms with Crippen LogP contribution in [0.2, 0.25) is 0 Å². The van der Waals surface area contributed by atoms with Crippen LogP contribution in [0.4, 0.5) is 11.4 Å². The zero-order valence-electron chi connectivity index (χ0n) is 9.51. The van der Waals surface area contributed by atoms with Gasteiger partial charge in [-0.05, 0) is 30.3 Å². The van der Waals surface area contributed by atoms with E-state index in [4.69, 9.17) is 11.5 Å². The Morgan fingerprint density at radius 2 is 1.72 bits per heavy atom. The highest BCUT2D eigenvalue weighted by Gasteiger charge is 2.07. The molecule has 1 heterocycles. The summed E-state index contributed by atoms with van der Waals surface area (Å²) in [4.78, 5) is 7.55. The molecule has 0 atom stereocenters. The Hall–Kier alpha value is -2.69. The minimum atomic E-state index is 0.199. The number of phenols is 1. The second-order valence-electron chi connectivity index (χ2n) is 4.18. The van der Waals surface area contributed by atoms with Crippen LogP contribution >= 0.6 is 0 Å². The quantitative estimate of drug-likeness (QED) is 0.489. The second kappa shape index (κ2) is 3.66. The highest BCUT2D eigenvalue weighted by atomic mass is 16.3. The number of H-pyrrole nitrogens is 1. The minimum Gasteiger partial charge on any atom is -0.508 e. The number of benzene rings is 2. The van der Waals surface area contributed by atoms with Crippen molar-refractivity contribution in [3.8, 4) is 17.1 Å². The van der Waals surface area contributed by atoms with Crippen molar-refractivity contribution in [3.63, 3.8) is 0 Å². The molecule has 0 bridgehead atoms. The zero-order chi connectivity index (χ0) is 12.7. The summed E-state index contributed by atoms with van der Waals surface area (Å²) in [6.07, 6.45) is 0. The van der Waals surface area contributed by atoms with Gasteiger partial charge in [-0.2, -0.15) is 0 Å². The molecule has 6 N–H and O–H groups in total. The van der Waals surface area contributed by atoms with Crippen molar-refractivity contribution >= 4 is 22.4 Å². The van der Waals surface area contributed by atoms with Crippen LogP contribution in [0.25, 0.3) is 22.4 Å². The van der Waals surface area contributed by atoms with Gasteiger partial charge in [-0.15, -0.1) is 0 Å².